The summed E-state index contributed by atoms with van der Waals surface area (Å²) in [6, 6.07) is 16.1. The van der Waals surface area contributed by atoms with Crippen LogP contribution in [0.2, 0.25) is 19.6 Å². The smallest absolute Gasteiger partial charge is 0.338 e. The topological polar surface area (TPSA) is 26.3 Å². The summed E-state index contributed by atoms with van der Waals surface area (Å²) in [7, 11) is -1.33. The Balaban J connectivity index is 1.82. The van der Waals surface area contributed by atoms with Gasteiger partial charge in [-0.15, -0.1) is 0 Å². The highest BCUT2D eigenvalue weighted by Crippen LogP contribution is 2.10. The second-order valence-electron chi connectivity index (χ2n) is 7.01. The van der Waals surface area contributed by atoms with Gasteiger partial charge in [0.2, 0.25) is 0 Å². The number of carbonyl (C=O) groups is 1. The summed E-state index contributed by atoms with van der Waals surface area (Å²) in [5, 5.41) is 1.35. The van der Waals surface area contributed by atoms with Crippen LogP contribution in [0.4, 0.5) is 0 Å². The van der Waals surface area contributed by atoms with Crippen LogP contribution < -0.4 is 5.19 Å². The Hall–Kier alpha value is -2.13. The molecule has 126 valence electrons. The molecule has 0 N–H and O–H groups in total. The van der Waals surface area contributed by atoms with Crippen molar-refractivity contribution in [3.8, 4) is 0 Å². The van der Waals surface area contributed by atoms with Crippen molar-refractivity contribution in [2.45, 2.75) is 33.0 Å². The normalized spacial score (nSPS) is 11.7. The molecule has 2 rings (SSSR count). The third kappa shape index (κ3) is 5.20. The lowest BCUT2D eigenvalue weighted by atomic mass is 10.1. The second kappa shape index (κ2) is 8.11. The van der Waals surface area contributed by atoms with Crippen molar-refractivity contribution in [1.82, 2.24) is 0 Å². The molecule has 0 unspecified atom stereocenters. The van der Waals surface area contributed by atoms with Crippen LogP contribution in [-0.2, 0) is 4.74 Å². The molecule has 0 aliphatic heterocycles. The Morgan fingerprint density at radius 1 is 1.04 bits per heavy atom. The van der Waals surface area contributed by atoms with E-state index in [1.54, 1.807) is 0 Å². The van der Waals surface area contributed by atoms with E-state index in [9.17, 15) is 4.79 Å². The first-order chi connectivity index (χ1) is 11.4. The minimum absolute atomic E-state index is 0.249. The molecule has 24 heavy (non-hydrogen) atoms. The van der Waals surface area contributed by atoms with Gasteiger partial charge >= 0.3 is 5.97 Å². The standard InChI is InChI=1S/C21H26O2Si/c1-17-9-5-6-10-18(17)11-7-8-16-23-21(22)19-12-14-20(15-13-19)24(2,3)4/h5-7,9-15H,8,16H2,1-4H3. The number of hydrogen-bond acceptors (Lipinski definition) is 2. The van der Waals surface area contributed by atoms with Gasteiger partial charge < -0.3 is 4.74 Å². The van der Waals surface area contributed by atoms with E-state index in [0.717, 1.165) is 0 Å². The minimum atomic E-state index is -1.33. The molecule has 0 aromatic heterocycles. The lowest BCUT2D eigenvalue weighted by molar-refractivity contribution is 0.0512. The summed E-state index contributed by atoms with van der Waals surface area (Å²) in [5.41, 5.74) is 3.07. The zero-order chi connectivity index (χ0) is 17.6. The molecule has 0 bridgehead atoms. The fourth-order valence-electron chi connectivity index (χ4n) is 2.39. The highest BCUT2D eigenvalue weighted by molar-refractivity contribution is 6.88. The van der Waals surface area contributed by atoms with Gasteiger partial charge in [0.15, 0.2) is 0 Å². The average molecular weight is 339 g/mol. The van der Waals surface area contributed by atoms with Crippen molar-refractivity contribution in [3.05, 3.63) is 71.3 Å². The number of ether oxygens (including phenoxy) is 1. The number of benzene rings is 2. The molecule has 0 radical (unpaired) electrons. The van der Waals surface area contributed by atoms with E-state index in [1.165, 1.54) is 16.3 Å². The van der Waals surface area contributed by atoms with Crippen LogP contribution in [0.5, 0.6) is 0 Å². The molecular weight excluding hydrogens is 312 g/mol. The van der Waals surface area contributed by atoms with E-state index in [-0.39, 0.29) is 5.97 Å². The molecule has 3 heteroatoms. The van der Waals surface area contributed by atoms with Crippen molar-refractivity contribution >= 4 is 25.3 Å². The predicted molar refractivity (Wildman–Crippen MR) is 105 cm³/mol. The molecule has 0 atom stereocenters. The lowest BCUT2D eigenvalue weighted by Crippen LogP contribution is -2.37. The van der Waals surface area contributed by atoms with Gasteiger partial charge in [0, 0.05) is 0 Å². The van der Waals surface area contributed by atoms with E-state index >= 15 is 0 Å². The number of aryl methyl sites for hydroxylation is 1. The van der Waals surface area contributed by atoms with Crippen LogP contribution in [0.1, 0.15) is 27.9 Å². The van der Waals surface area contributed by atoms with Gasteiger partial charge in [0.25, 0.3) is 0 Å². The Kier molecular flexibility index (Phi) is 6.15. The number of esters is 1. The molecule has 0 saturated carbocycles. The fourth-order valence-corrected chi connectivity index (χ4v) is 3.56. The monoisotopic (exact) mass is 338 g/mol. The van der Waals surface area contributed by atoms with Gasteiger partial charge in [0.1, 0.15) is 0 Å². The minimum Gasteiger partial charge on any atom is -0.462 e. The van der Waals surface area contributed by atoms with Crippen molar-refractivity contribution in [1.29, 1.82) is 0 Å². The number of carbonyl (C=O) groups excluding carboxylic acids is 1. The first-order valence-corrected chi connectivity index (χ1v) is 11.9. The van der Waals surface area contributed by atoms with Crippen molar-refractivity contribution in [2.75, 3.05) is 6.61 Å². The highest BCUT2D eigenvalue weighted by atomic mass is 28.3. The molecule has 0 heterocycles. The summed E-state index contributed by atoms with van der Waals surface area (Å²) in [5.74, 6) is -0.249. The third-order valence-corrected chi connectivity index (χ3v) is 6.06. The summed E-state index contributed by atoms with van der Waals surface area (Å²) in [6.07, 6.45) is 4.84. The second-order valence-corrected chi connectivity index (χ2v) is 12.1. The quantitative estimate of drug-likeness (QED) is 0.429. The molecule has 0 saturated heterocycles. The van der Waals surface area contributed by atoms with E-state index in [1.807, 2.05) is 30.3 Å². The average Bonchev–Trinajstić information content (AvgIpc) is 2.55. The Morgan fingerprint density at radius 3 is 2.33 bits per heavy atom. The summed E-state index contributed by atoms with van der Waals surface area (Å²) in [6.45, 7) is 9.37. The molecular formula is C21H26O2Si. The molecule has 2 aromatic carbocycles. The first-order valence-electron chi connectivity index (χ1n) is 8.38. The molecule has 0 amide bonds. The van der Waals surface area contributed by atoms with Gasteiger partial charge in [-0.3, -0.25) is 0 Å². The van der Waals surface area contributed by atoms with E-state index in [0.29, 0.717) is 18.6 Å². The Morgan fingerprint density at radius 2 is 1.71 bits per heavy atom. The van der Waals surface area contributed by atoms with Crippen molar-refractivity contribution < 1.29 is 9.53 Å². The summed E-state index contributed by atoms with van der Waals surface area (Å²) < 4.78 is 5.34. The summed E-state index contributed by atoms with van der Waals surface area (Å²) in [4.78, 5) is 12.1. The molecule has 0 aliphatic rings. The third-order valence-electron chi connectivity index (χ3n) is 3.99. The summed E-state index contributed by atoms with van der Waals surface area (Å²) >= 11 is 0. The van der Waals surface area contributed by atoms with Gasteiger partial charge in [-0.1, -0.05) is 73.4 Å². The molecule has 2 aromatic rings. The van der Waals surface area contributed by atoms with Crippen molar-refractivity contribution in [2.24, 2.45) is 0 Å². The SMILES string of the molecule is Cc1ccccc1C=CCCOC(=O)c1ccc([Si](C)(C)C)cc1. The molecule has 0 fully saturated rings. The predicted octanol–water partition coefficient (Wildman–Crippen LogP) is 4.80. The fraction of sp³-hybridized carbons (Fsp3) is 0.286. The highest BCUT2D eigenvalue weighted by Gasteiger charge is 2.16. The van der Waals surface area contributed by atoms with Gasteiger partial charge in [-0.05, 0) is 36.6 Å². The molecule has 0 spiro atoms. The van der Waals surface area contributed by atoms with E-state index < -0.39 is 8.07 Å². The maximum Gasteiger partial charge on any atom is 0.338 e. The van der Waals surface area contributed by atoms with Crippen molar-refractivity contribution in [3.63, 3.8) is 0 Å². The number of rotatable bonds is 6. The van der Waals surface area contributed by atoms with Gasteiger partial charge in [0.05, 0.1) is 20.2 Å². The van der Waals surface area contributed by atoms with Crippen LogP contribution in [-0.4, -0.2) is 20.7 Å². The molecule has 2 nitrogen and oxygen atoms in total. The number of hydrogen-bond donors (Lipinski definition) is 0. The zero-order valence-corrected chi connectivity index (χ0v) is 16.0. The maximum absolute atomic E-state index is 12.1. The van der Waals surface area contributed by atoms with E-state index in [2.05, 4.69) is 56.9 Å². The van der Waals surface area contributed by atoms with Crippen LogP contribution >= 0.6 is 0 Å². The van der Waals surface area contributed by atoms with Gasteiger partial charge in [-0.25, -0.2) is 4.79 Å². The van der Waals surface area contributed by atoms with Crippen LogP contribution in [0, 0.1) is 6.92 Å². The van der Waals surface area contributed by atoms with E-state index in [4.69, 9.17) is 4.74 Å². The van der Waals surface area contributed by atoms with Gasteiger partial charge in [-0.2, -0.15) is 0 Å². The van der Waals surface area contributed by atoms with Crippen LogP contribution in [0.3, 0.4) is 0 Å². The lowest BCUT2D eigenvalue weighted by Gasteiger charge is -2.16. The Labute approximate surface area is 146 Å². The first kappa shape index (κ1) is 18.2. The zero-order valence-electron chi connectivity index (χ0n) is 15.0. The van der Waals surface area contributed by atoms with Crippen LogP contribution in [0.25, 0.3) is 6.08 Å². The maximum atomic E-state index is 12.1. The Bertz CT molecular complexity index is 709. The largest absolute Gasteiger partial charge is 0.462 e. The molecule has 0 aliphatic carbocycles. The van der Waals surface area contributed by atoms with Crippen LogP contribution in [0.15, 0.2) is 54.6 Å².